The second kappa shape index (κ2) is 12.8. The van der Waals surface area contributed by atoms with Crippen LogP contribution >= 0.6 is 49.9 Å². The molecule has 0 saturated carbocycles. The van der Waals surface area contributed by atoms with Crippen LogP contribution < -0.4 is 33.8 Å². The van der Waals surface area contributed by atoms with Gasteiger partial charge >= 0.3 is 11.9 Å². The summed E-state index contributed by atoms with van der Waals surface area (Å²) in [4.78, 5) is 43.8. The van der Waals surface area contributed by atoms with E-state index in [-0.39, 0.29) is 17.7 Å². The summed E-state index contributed by atoms with van der Waals surface area (Å²) < 4.78 is 30.2. The summed E-state index contributed by atoms with van der Waals surface area (Å²) in [5.74, 6) is 0.507. The number of allylic oxidation sites excluding steroid dienone is 1. The molecule has 3 aromatic rings. The number of hydrogen-bond acceptors (Lipinski definition) is 10. The number of methoxy groups -OCH3 is 3. The molecular weight excluding hydrogens is 731 g/mol. The molecule has 0 unspecified atom stereocenters. The molecule has 1 atom stereocenters. The third-order valence-corrected chi connectivity index (χ3v) is 8.58. The molecule has 4 rings (SSSR count). The predicted octanol–water partition coefficient (Wildman–Crippen LogP) is 4.12. The van der Waals surface area contributed by atoms with Gasteiger partial charge in [0, 0.05) is 11.4 Å². The number of carbonyl (C=O) groups excluding carboxylic acids is 2. The van der Waals surface area contributed by atoms with Crippen molar-refractivity contribution in [1.29, 1.82) is 0 Å². The molecule has 41 heavy (non-hydrogen) atoms. The first-order chi connectivity index (χ1) is 19.5. The summed E-state index contributed by atoms with van der Waals surface area (Å²) in [7, 11) is 4.50. The van der Waals surface area contributed by atoms with Gasteiger partial charge in [-0.05, 0) is 77.9 Å². The average Bonchev–Trinajstić information content (AvgIpc) is 3.22. The smallest absolute Gasteiger partial charge is 0.338 e. The Kier molecular flexibility index (Phi) is 9.59. The predicted molar refractivity (Wildman–Crippen MR) is 165 cm³/mol. The molecule has 13 heteroatoms. The van der Waals surface area contributed by atoms with Gasteiger partial charge in [0.25, 0.3) is 5.56 Å². The van der Waals surface area contributed by atoms with Crippen molar-refractivity contribution in [3.05, 3.63) is 74.4 Å². The van der Waals surface area contributed by atoms with Crippen LogP contribution in [0.3, 0.4) is 0 Å². The first kappa shape index (κ1) is 30.8. The van der Waals surface area contributed by atoms with Crippen LogP contribution in [0.1, 0.15) is 37.9 Å². The van der Waals surface area contributed by atoms with Crippen molar-refractivity contribution in [3.8, 4) is 23.0 Å². The molecule has 0 bridgehead atoms. The van der Waals surface area contributed by atoms with Crippen LogP contribution in [0.2, 0.25) is 0 Å². The molecule has 1 aliphatic rings. The second-order valence-corrected chi connectivity index (χ2v) is 11.7. The number of nitrogens with zero attached hydrogens (tertiary/aromatic N) is 2. The largest absolute Gasteiger partial charge is 0.493 e. The fourth-order valence-electron chi connectivity index (χ4n) is 4.38. The van der Waals surface area contributed by atoms with E-state index in [2.05, 4.69) is 20.9 Å². The number of aromatic nitrogens is 1. The lowest BCUT2D eigenvalue weighted by atomic mass is 9.95. The standard InChI is InChI=1S/C28H26BrIN2O8S/c1-7-39-27(35)23-13(2)31-28-32(24(23)16-11-19(36-4)20(37-5)12-17(16)29)26(34)22(41-28)10-15-8-18(30)25(40-14(3)33)21(9-15)38-6/h8-12,24H,7H2,1-6H3/b22-10-/t24-/m1/s1. The van der Waals surface area contributed by atoms with Crippen molar-refractivity contribution >= 4 is 67.9 Å². The summed E-state index contributed by atoms with van der Waals surface area (Å²) in [6.07, 6.45) is 1.70. The molecule has 10 nitrogen and oxygen atoms in total. The van der Waals surface area contributed by atoms with E-state index in [1.807, 2.05) is 22.6 Å². The summed E-state index contributed by atoms with van der Waals surface area (Å²) >= 11 is 6.82. The van der Waals surface area contributed by atoms with Crippen molar-refractivity contribution in [3.63, 3.8) is 0 Å². The van der Waals surface area contributed by atoms with Crippen LogP contribution in [0, 0.1) is 3.57 Å². The van der Waals surface area contributed by atoms with Gasteiger partial charge in [-0.15, -0.1) is 0 Å². The Bertz CT molecular complexity index is 1760. The summed E-state index contributed by atoms with van der Waals surface area (Å²) in [6.45, 7) is 4.90. The maximum Gasteiger partial charge on any atom is 0.338 e. The Morgan fingerprint density at radius 2 is 1.76 bits per heavy atom. The molecule has 1 aromatic heterocycles. The minimum Gasteiger partial charge on any atom is -0.493 e. The molecule has 216 valence electrons. The van der Waals surface area contributed by atoms with Crippen molar-refractivity contribution in [2.75, 3.05) is 27.9 Å². The first-order valence-corrected chi connectivity index (χ1v) is 14.9. The highest BCUT2D eigenvalue weighted by Gasteiger charge is 2.35. The lowest BCUT2D eigenvalue weighted by Crippen LogP contribution is -2.40. The van der Waals surface area contributed by atoms with E-state index >= 15 is 0 Å². The van der Waals surface area contributed by atoms with Gasteiger partial charge in [-0.1, -0.05) is 27.3 Å². The van der Waals surface area contributed by atoms with Crippen molar-refractivity contribution in [1.82, 2.24) is 4.57 Å². The molecule has 0 N–H and O–H groups in total. The van der Waals surface area contributed by atoms with Crippen LogP contribution in [0.5, 0.6) is 23.0 Å². The zero-order valence-corrected chi connectivity index (χ0v) is 27.6. The third kappa shape index (κ3) is 6.06. The molecule has 2 aromatic carbocycles. The van der Waals surface area contributed by atoms with Crippen LogP contribution in [-0.2, 0) is 14.3 Å². The van der Waals surface area contributed by atoms with E-state index < -0.39 is 18.0 Å². The Morgan fingerprint density at radius 1 is 1.10 bits per heavy atom. The number of carbonyl (C=O) groups is 2. The van der Waals surface area contributed by atoms with Gasteiger partial charge in [-0.3, -0.25) is 14.2 Å². The van der Waals surface area contributed by atoms with E-state index in [1.165, 1.54) is 44.2 Å². The van der Waals surface area contributed by atoms with E-state index in [0.717, 1.165) is 0 Å². The van der Waals surface area contributed by atoms with Crippen molar-refractivity contribution in [2.45, 2.75) is 26.8 Å². The van der Waals surface area contributed by atoms with Crippen LogP contribution in [0.4, 0.5) is 0 Å². The summed E-state index contributed by atoms with van der Waals surface area (Å²) in [5, 5.41) is 0. The number of esters is 2. The van der Waals surface area contributed by atoms with Gasteiger partial charge < -0.3 is 23.7 Å². The molecule has 0 spiro atoms. The fraction of sp³-hybridized carbons (Fsp3) is 0.286. The Hall–Kier alpha value is -3.17. The normalized spacial score (nSPS) is 14.7. The van der Waals surface area contributed by atoms with Gasteiger partial charge in [0.15, 0.2) is 27.8 Å². The van der Waals surface area contributed by atoms with Gasteiger partial charge in [-0.2, -0.15) is 0 Å². The van der Waals surface area contributed by atoms with Crippen molar-refractivity contribution in [2.24, 2.45) is 4.99 Å². The molecule has 0 amide bonds. The van der Waals surface area contributed by atoms with Gasteiger partial charge in [0.05, 0.1) is 53.4 Å². The summed E-state index contributed by atoms with van der Waals surface area (Å²) in [6, 6.07) is 6.04. The quantitative estimate of drug-likeness (QED) is 0.192. The fourth-order valence-corrected chi connectivity index (χ4v) is 6.70. The van der Waals surface area contributed by atoms with Crippen LogP contribution in [-0.4, -0.2) is 44.4 Å². The molecular formula is C28H26BrIN2O8S. The Morgan fingerprint density at radius 3 is 2.37 bits per heavy atom. The van der Waals surface area contributed by atoms with Crippen LogP contribution in [0.25, 0.3) is 6.08 Å². The van der Waals surface area contributed by atoms with E-state index in [4.69, 9.17) is 23.7 Å². The minimum atomic E-state index is -0.859. The van der Waals surface area contributed by atoms with Crippen molar-refractivity contribution < 1.29 is 33.3 Å². The number of ether oxygens (including phenoxy) is 5. The zero-order chi connectivity index (χ0) is 30.0. The number of halogens is 2. The van der Waals surface area contributed by atoms with E-state index in [0.29, 0.717) is 57.2 Å². The maximum absolute atomic E-state index is 14.0. The zero-order valence-electron chi connectivity index (χ0n) is 23.0. The lowest BCUT2D eigenvalue weighted by molar-refractivity contribution is -0.139. The third-order valence-electron chi connectivity index (χ3n) is 6.11. The number of hydrogen-bond donors (Lipinski definition) is 0. The highest BCUT2D eigenvalue weighted by atomic mass is 127. The molecule has 2 heterocycles. The molecule has 0 saturated heterocycles. The SMILES string of the molecule is CCOC(=O)C1=C(C)N=c2s/c(=C\c3cc(I)c(OC(C)=O)c(OC)c3)c(=O)n2[C@@H]1c1cc(OC)c(OC)cc1Br. The Balaban J connectivity index is 1.98. The second-order valence-electron chi connectivity index (χ2n) is 8.66. The minimum absolute atomic E-state index is 0.156. The summed E-state index contributed by atoms with van der Waals surface area (Å²) in [5.41, 5.74) is 1.56. The van der Waals surface area contributed by atoms with Crippen LogP contribution in [0.15, 0.2) is 49.8 Å². The molecule has 0 fully saturated rings. The monoisotopic (exact) mass is 756 g/mol. The Labute approximate surface area is 261 Å². The number of benzene rings is 2. The topological polar surface area (TPSA) is 115 Å². The van der Waals surface area contributed by atoms with E-state index in [1.54, 1.807) is 44.2 Å². The average molecular weight is 757 g/mol. The van der Waals surface area contributed by atoms with Gasteiger partial charge in [0.2, 0.25) is 0 Å². The number of fused-ring (bicyclic) bond motifs is 1. The van der Waals surface area contributed by atoms with E-state index in [9.17, 15) is 14.4 Å². The molecule has 0 aliphatic carbocycles. The lowest BCUT2D eigenvalue weighted by Gasteiger charge is -2.26. The maximum atomic E-state index is 14.0. The highest BCUT2D eigenvalue weighted by molar-refractivity contribution is 14.1. The first-order valence-electron chi connectivity index (χ1n) is 12.2. The molecule has 1 aliphatic heterocycles. The van der Waals surface area contributed by atoms with Gasteiger partial charge in [0.1, 0.15) is 0 Å². The van der Waals surface area contributed by atoms with Gasteiger partial charge in [-0.25, -0.2) is 9.79 Å². The highest BCUT2D eigenvalue weighted by Crippen LogP contribution is 2.41. The number of rotatable bonds is 8. The molecule has 0 radical (unpaired) electrons. The number of thiazole rings is 1.